The average Bonchev–Trinajstić information content (AvgIpc) is 2.66. The molecule has 0 saturated carbocycles. The molecular weight excluding hydrogens is 416 g/mol. The SMILES string of the molecule is CC(C)CNC(=O)c1ccc2c(c1)C(C)(C)[C@@H]1COc3ccc(Br)cc3[C@@H]1N2. The van der Waals surface area contributed by atoms with Crippen molar-refractivity contribution in [1.29, 1.82) is 0 Å². The highest BCUT2D eigenvalue weighted by atomic mass is 79.9. The smallest absolute Gasteiger partial charge is 0.251 e. The minimum atomic E-state index is -0.125. The molecule has 2 aliphatic heterocycles. The molecule has 0 aromatic heterocycles. The summed E-state index contributed by atoms with van der Waals surface area (Å²) in [4.78, 5) is 12.6. The van der Waals surface area contributed by atoms with Crippen molar-refractivity contribution in [3.8, 4) is 5.75 Å². The highest BCUT2D eigenvalue weighted by molar-refractivity contribution is 9.10. The van der Waals surface area contributed by atoms with Crippen LogP contribution in [-0.4, -0.2) is 19.1 Å². The van der Waals surface area contributed by atoms with Crippen molar-refractivity contribution in [2.45, 2.75) is 39.2 Å². The molecule has 0 fully saturated rings. The van der Waals surface area contributed by atoms with Crippen molar-refractivity contribution in [3.05, 3.63) is 57.6 Å². The van der Waals surface area contributed by atoms with E-state index in [-0.39, 0.29) is 23.3 Å². The van der Waals surface area contributed by atoms with E-state index in [0.717, 1.165) is 15.9 Å². The largest absolute Gasteiger partial charge is 0.493 e. The molecule has 5 heteroatoms. The number of fused-ring (bicyclic) bond motifs is 4. The van der Waals surface area contributed by atoms with Gasteiger partial charge >= 0.3 is 0 Å². The third kappa shape index (κ3) is 3.30. The number of ether oxygens (including phenoxy) is 1. The Kier molecular flexibility index (Phi) is 4.90. The molecular formula is C23H27BrN2O2. The van der Waals surface area contributed by atoms with Crippen LogP contribution >= 0.6 is 15.9 Å². The van der Waals surface area contributed by atoms with Crippen LogP contribution < -0.4 is 15.4 Å². The first-order valence-electron chi connectivity index (χ1n) is 9.89. The molecule has 4 nitrogen and oxygen atoms in total. The van der Waals surface area contributed by atoms with Crippen LogP contribution in [0.1, 0.15) is 55.2 Å². The summed E-state index contributed by atoms with van der Waals surface area (Å²) in [7, 11) is 0. The van der Waals surface area contributed by atoms with Crippen LogP contribution in [0.4, 0.5) is 5.69 Å². The van der Waals surface area contributed by atoms with Crippen LogP contribution in [0.15, 0.2) is 40.9 Å². The zero-order valence-corrected chi connectivity index (χ0v) is 18.4. The molecule has 2 N–H and O–H groups in total. The maximum atomic E-state index is 12.6. The zero-order valence-electron chi connectivity index (χ0n) is 16.8. The molecule has 0 unspecified atom stereocenters. The monoisotopic (exact) mass is 442 g/mol. The van der Waals surface area contributed by atoms with Gasteiger partial charge in [-0.25, -0.2) is 0 Å². The standard InChI is InChI=1S/C23H27BrN2O2/c1-13(2)11-25-22(27)14-5-7-19-17(9-14)23(3,4)18-12-28-20-8-6-15(24)10-16(20)21(18)26-19/h5-10,13,18,21,26H,11-12H2,1-4H3,(H,25,27)/t18-,21+/m1/s1. The summed E-state index contributed by atoms with van der Waals surface area (Å²) in [5.74, 6) is 1.64. The highest BCUT2D eigenvalue weighted by Gasteiger charge is 2.46. The fraction of sp³-hybridized carbons (Fsp3) is 0.435. The Balaban J connectivity index is 1.70. The van der Waals surface area contributed by atoms with Crippen LogP contribution in [0.5, 0.6) is 5.75 Å². The van der Waals surface area contributed by atoms with E-state index in [1.165, 1.54) is 11.1 Å². The number of carbonyl (C=O) groups is 1. The number of amides is 1. The second-order valence-corrected chi connectivity index (χ2v) is 9.72. The minimum Gasteiger partial charge on any atom is -0.493 e. The fourth-order valence-electron chi connectivity index (χ4n) is 4.30. The Bertz CT molecular complexity index is 923. The number of benzene rings is 2. The number of anilines is 1. The minimum absolute atomic E-state index is 0.0106. The van der Waals surface area contributed by atoms with E-state index in [1.807, 2.05) is 30.3 Å². The van der Waals surface area contributed by atoms with Gasteiger partial charge in [-0.05, 0) is 47.9 Å². The summed E-state index contributed by atoms with van der Waals surface area (Å²) in [6, 6.07) is 12.4. The number of rotatable bonds is 3. The fourth-order valence-corrected chi connectivity index (χ4v) is 4.68. The lowest BCUT2D eigenvalue weighted by Crippen LogP contribution is -2.46. The van der Waals surface area contributed by atoms with E-state index >= 15 is 0 Å². The maximum absolute atomic E-state index is 12.6. The molecule has 1 amide bonds. The van der Waals surface area contributed by atoms with Gasteiger partial charge in [0.25, 0.3) is 5.91 Å². The van der Waals surface area contributed by atoms with Crippen LogP contribution in [0.3, 0.4) is 0 Å². The number of nitrogens with one attached hydrogen (secondary N) is 2. The molecule has 2 atom stereocenters. The van der Waals surface area contributed by atoms with Crippen molar-refractivity contribution in [2.24, 2.45) is 11.8 Å². The highest BCUT2D eigenvalue weighted by Crippen LogP contribution is 2.52. The molecule has 2 heterocycles. The molecule has 2 aromatic rings. The topological polar surface area (TPSA) is 50.4 Å². The van der Waals surface area contributed by atoms with Gasteiger partial charge in [-0.2, -0.15) is 0 Å². The van der Waals surface area contributed by atoms with Gasteiger partial charge in [0, 0.05) is 39.2 Å². The third-order valence-electron chi connectivity index (χ3n) is 6.01. The second kappa shape index (κ2) is 7.11. The lowest BCUT2D eigenvalue weighted by Gasteiger charge is -2.48. The number of carbonyl (C=O) groups excluding carboxylic acids is 1. The molecule has 0 saturated heterocycles. The van der Waals surface area contributed by atoms with E-state index in [1.54, 1.807) is 0 Å². The first kappa shape index (κ1) is 19.3. The van der Waals surface area contributed by atoms with Gasteiger partial charge in [-0.15, -0.1) is 0 Å². The molecule has 0 bridgehead atoms. The summed E-state index contributed by atoms with van der Waals surface area (Å²) in [6.07, 6.45) is 0. The predicted octanol–water partition coefficient (Wildman–Crippen LogP) is 5.29. The van der Waals surface area contributed by atoms with E-state index in [9.17, 15) is 4.79 Å². The van der Waals surface area contributed by atoms with Crippen LogP contribution in [0, 0.1) is 11.8 Å². The normalized spacial score (nSPS) is 21.6. The van der Waals surface area contributed by atoms with Gasteiger partial charge in [-0.1, -0.05) is 43.6 Å². The quantitative estimate of drug-likeness (QED) is 0.678. The van der Waals surface area contributed by atoms with Gasteiger partial charge in [0.05, 0.1) is 12.6 Å². The molecule has 2 aliphatic rings. The van der Waals surface area contributed by atoms with Crippen LogP contribution in [0.2, 0.25) is 0 Å². The molecule has 148 valence electrons. The van der Waals surface area contributed by atoms with Crippen LogP contribution in [0.25, 0.3) is 0 Å². The van der Waals surface area contributed by atoms with Crippen molar-refractivity contribution in [3.63, 3.8) is 0 Å². The van der Waals surface area contributed by atoms with E-state index in [4.69, 9.17) is 4.74 Å². The first-order valence-corrected chi connectivity index (χ1v) is 10.7. The van der Waals surface area contributed by atoms with Gasteiger partial charge < -0.3 is 15.4 Å². The number of halogens is 1. The molecule has 28 heavy (non-hydrogen) atoms. The first-order chi connectivity index (χ1) is 13.3. The van der Waals surface area contributed by atoms with Gasteiger partial charge in [0.15, 0.2) is 0 Å². The molecule has 0 radical (unpaired) electrons. The summed E-state index contributed by atoms with van der Waals surface area (Å²) in [5, 5.41) is 6.74. The predicted molar refractivity (Wildman–Crippen MR) is 116 cm³/mol. The molecule has 0 aliphatic carbocycles. The Morgan fingerprint density at radius 2 is 2.07 bits per heavy atom. The van der Waals surface area contributed by atoms with Crippen molar-refractivity contribution in [2.75, 3.05) is 18.5 Å². The molecule has 2 aromatic carbocycles. The summed E-state index contributed by atoms with van der Waals surface area (Å²) in [6.45, 7) is 10.0. The molecule has 0 spiro atoms. The van der Waals surface area contributed by atoms with Gasteiger partial charge in [-0.3, -0.25) is 4.79 Å². The van der Waals surface area contributed by atoms with Crippen molar-refractivity contribution in [1.82, 2.24) is 5.32 Å². The Labute approximate surface area is 175 Å². The number of hydrogen-bond donors (Lipinski definition) is 2. The van der Waals surface area contributed by atoms with Gasteiger partial charge in [0.1, 0.15) is 5.75 Å². The van der Waals surface area contributed by atoms with E-state index in [0.29, 0.717) is 24.6 Å². The van der Waals surface area contributed by atoms with Crippen molar-refractivity contribution < 1.29 is 9.53 Å². The van der Waals surface area contributed by atoms with Crippen LogP contribution in [-0.2, 0) is 5.41 Å². The van der Waals surface area contributed by atoms with Crippen molar-refractivity contribution >= 4 is 27.5 Å². The average molecular weight is 443 g/mol. The molecule has 4 rings (SSSR count). The summed E-state index contributed by atoms with van der Waals surface area (Å²) >= 11 is 3.59. The lowest BCUT2D eigenvalue weighted by atomic mass is 9.65. The van der Waals surface area contributed by atoms with E-state index < -0.39 is 0 Å². The number of hydrogen-bond acceptors (Lipinski definition) is 3. The maximum Gasteiger partial charge on any atom is 0.251 e. The summed E-state index contributed by atoms with van der Waals surface area (Å²) in [5.41, 5.74) is 4.04. The zero-order chi connectivity index (χ0) is 20.1. The lowest BCUT2D eigenvalue weighted by molar-refractivity contribution is 0.0948. The van der Waals surface area contributed by atoms with E-state index in [2.05, 4.69) is 60.3 Å². The Morgan fingerprint density at radius 3 is 2.82 bits per heavy atom. The second-order valence-electron chi connectivity index (χ2n) is 8.81. The summed E-state index contributed by atoms with van der Waals surface area (Å²) < 4.78 is 7.15. The Hall–Kier alpha value is -2.01. The van der Waals surface area contributed by atoms with Gasteiger partial charge in [0.2, 0.25) is 0 Å². The Morgan fingerprint density at radius 1 is 1.29 bits per heavy atom. The third-order valence-corrected chi connectivity index (χ3v) is 6.51.